The van der Waals surface area contributed by atoms with Crippen LogP contribution in [0, 0.1) is 17.0 Å². The van der Waals surface area contributed by atoms with Crippen molar-refractivity contribution in [2.24, 2.45) is 0 Å². The summed E-state index contributed by atoms with van der Waals surface area (Å²) >= 11 is 3.17. The Hall–Kier alpha value is -1.45. The molecule has 2 aromatic rings. The highest BCUT2D eigenvalue weighted by Gasteiger charge is 2.19. The van der Waals surface area contributed by atoms with E-state index in [1.807, 2.05) is 0 Å². The SMILES string of the molecule is Cc1nc(S(=O)(=O)Cl)cn1Cc1ccc(Br)cc1[N+](=O)[O-]. The maximum Gasteiger partial charge on any atom is 0.280 e. The lowest BCUT2D eigenvalue weighted by molar-refractivity contribution is -0.385. The molecular weight excluding hydrogens is 386 g/mol. The van der Waals surface area contributed by atoms with Gasteiger partial charge in [-0.25, -0.2) is 13.4 Å². The van der Waals surface area contributed by atoms with Crippen molar-refractivity contribution in [3.63, 3.8) is 0 Å². The molecule has 0 aliphatic heterocycles. The molecule has 0 radical (unpaired) electrons. The van der Waals surface area contributed by atoms with E-state index in [4.69, 9.17) is 10.7 Å². The Kier molecular flexibility index (Phi) is 4.35. The predicted molar refractivity (Wildman–Crippen MR) is 79.9 cm³/mol. The van der Waals surface area contributed by atoms with Gasteiger partial charge in [-0.2, -0.15) is 0 Å². The third-order valence-corrected chi connectivity index (χ3v) is 4.45. The maximum atomic E-state index is 11.2. The molecule has 0 saturated carbocycles. The Bertz CT molecular complexity index is 819. The topological polar surface area (TPSA) is 95.1 Å². The van der Waals surface area contributed by atoms with Crippen LogP contribution in [0.1, 0.15) is 11.4 Å². The molecule has 21 heavy (non-hydrogen) atoms. The monoisotopic (exact) mass is 393 g/mol. The van der Waals surface area contributed by atoms with Gasteiger partial charge in [-0.3, -0.25) is 10.1 Å². The normalized spacial score (nSPS) is 11.6. The summed E-state index contributed by atoms with van der Waals surface area (Å²) in [5.41, 5.74) is 0.370. The van der Waals surface area contributed by atoms with E-state index < -0.39 is 14.0 Å². The number of halogens is 2. The first-order valence-electron chi connectivity index (χ1n) is 5.60. The summed E-state index contributed by atoms with van der Waals surface area (Å²) in [6.07, 6.45) is 1.25. The number of hydrogen-bond donors (Lipinski definition) is 0. The van der Waals surface area contributed by atoms with E-state index in [2.05, 4.69) is 20.9 Å². The Labute approximate surface area is 133 Å². The number of nitro benzene ring substituents is 1. The molecule has 1 aromatic carbocycles. The van der Waals surface area contributed by atoms with Crippen molar-refractivity contribution in [3.05, 3.63) is 50.4 Å². The number of nitrogens with zero attached hydrogens (tertiary/aromatic N) is 3. The lowest BCUT2D eigenvalue weighted by Gasteiger charge is -2.06. The summed E-state index contributed by atoms with van der Waals surface area (Å²) in [6, 6.07) is 4.66. The Morgan fingerprint density at radius 2 is 2.14 bits per heavy atom. The van der Waals surface area contributed by atoms with Gasteiger partial charge in [-0.1, -0.05) is 15.9 Å². The highest BCUT2D eigenvalue weighted by molar-refractivity contribution is 9.10. The van der Waals surface area contributed by atoms with Gasteiger partial charge in [0.1, 0.15) is 5.82 Å². The van der Waals surface area contributed by atoms with Crippen LogP contribution in [0.3, 0.4) is 0 Å². The number of hydrogen-bond acceptors (Lipinski definition) is 5. The van der Waals surface area contributed by atoms with Crippen molar-refractivity contribution in [1.82, 2.24) is 9.55 Å². The van der Waals surface area contributed by atoms with Crippen molar-refractivity contribution in [3.8, 4) is 0 Å². The van der Waals surface area contributed by atoms with Crippen molar-refractivity contribution in [1.29, 1.82) is 0 Å². The fourth-order valence-electron chi connectivity index (χ4n) is 1.78. The number of rotatable bonds is 4. The average Bonchev–Trinajstić information content (AvgIpc) is 2.73. The third kappa shape index (κ3) is 3.60. The first kappa shape index (κ1) is 15.9. The second-order valence-electron chi connectivity index (χ2n) is 4.22. The Morgan fingerprint density at radius 3 is 2.67 bits per heavy atom. The van der Waals surface area contributed by atoms with E-state index in [1.165, 1.54) is 16.8 Å². The van der Waals surface area contributed by atoms with E-state index in [0.29, 0.717) is 15.9 Å². The van der Waals surface area contributed by atoms with Crippen LogP contribution in [-0.2, 0) is 15.6 Å². The van der Waals surface area contributed by atoms with E-state index in [-0.39, 0.29) is 17.3 Å². The third-order valence-electron chi connectivity index (χ3n) is 2.79. The molecule has 0 bridgehead atoms. The van der Waals surface area contributed by atoms with Crippen LogP contribution in [0.15, 0.2) is 33.9 Å². The van der Waals surface area contributed by atoms with Gasteiger partial charge in [0.2, 0.25) is 0 Å². The second kappa shape index (κ2) is 5.74. The molecule has 0 amide bonds. The summed E-state index contributed by atoms with van der Waals surface area (Å²) in [6.45, 7) is 1.71. The predicted octanol–water partition coefficient (Wildman–Crippen LogP) is 2.84. The largest absolute Gasteiger partial charge is 0.329 e. The van der Waals surface area contributed by atoms with Crippen LogP contribution in [0.5, 0.6) is 0 Å². The fourth-order valence-corrected chi connectivity index (χ4v) is 2.85. The molecule has 0 N–H and O–H groups in total. The van der Waals surface area contributed by atoms with E-state index in [1.54, 1.807) is 19.1 Å². The summed E-state index contributed by atoms with van der Waals surface area (Å²) in [7, 11) is 1.30. The van der Waals surface area contributed by atoms with Crippen LogP contribution in [0.2, 0.25) is 0 Å². The molecule has 1 aromatic heterocycles. The lowest BCUT2D eigenvalue weighted by Crippen LogP contribution is -2.04. The minimum Gasteiger partial charge on any atom is -0.329 e. The zero-order chi connectivity index (χ0) is 15.8. The molecule has 0 spiro atoms. The van der Waals surface area contributed by atoms with Crippen molar-refractivity contribution >= 4 is 41.4 Å². The van der Waals surface area contributed by atoms with Gasteiger partial charge in [-0.15, -0.1) is 0 Å². The fraction of sp³-hybridized carbons (Fsp3) is 0.182. The smallest absolute Gasteiger partial charge is 0.280 e. The van der Waals surface area contributed by atoms with Crippen LogP contribution in [0.25, 0.3) is 0 Å². The molecule has 0 fully saturated rings. The molecule has 112 valence electrons. The molecule has 0 saturated heterocycles. The molecule has 0 atom stereocenters. The van der Waals surface area contributed by atoms with Crippen molar-refractivity contribution in [2.45, 2.75) is 18.5 Å². The number of imidazole rings is 1. The number of benzene rings is 1. The number of aromatic nitrogens is 2. The van der Waals surface area contributed by atoms with Gasteiger partial charge >= 0.3 is 0 Å². The quantitative estimate of drug-likeness (QED) is 0.451. The first-order valence-corrected chi connectivity index (χ1v) is 8.70. The summed E-state index contributed by atoms with van der Waals surface area (Å²) < 4.78 is 24.6. The van der Waals surface area contributed by atoms with E-state index >= 15 is 0 Å². The van der Waals surface area contributed by atoms with Gasteiger partial charge < -0.3 is 4.57 Å². The maximum absolute atomic E-state index is 11.2. The average molecular weight is 395 g/mol. The van der Waals surface area contributed by atoms with Gasteiger partial charge in [0.05, 0.1) is 11.5 Å². The minimum atomic E-state index is -3.93. The van der Waals surface area contributed by atoms with Crippen LogP contribution >= 0.6 is 26.6 Å². The van der Waals surface area contributed by atoms with Crippen LogP contribution < -0.4 is 0 Å². The van der Waals surface area contributed by atoms with Gasteiger partial charge in [-0.05, 0) is 19.1 Å². The van der Waals surface area contributed by atoms with E-state index in [9.17, 15) is 18.5 Å². The zero-order valence-corrected chi connectivity index (χ0v) is 13.8. The van der Waals surface area contributed by atoms with Crippen LogP contribution in [0.4, 0.5) is 5.69 Å². The minimum absolute atomic E-state index is 0.0623. The number of aryl methyl sites for hydroxylation is 1. The van der Waals surface area contributed by atoms with Crippen LogP contribution in [-0.4, -0.2) is 22.9 Å². The molecule has 1 heterocycles. The van der Waals surface area contributed by atoms with Gasteiger partial charge in [0.15, 0.2) is 5.03 Å². The molecule has 7 nitrogen and oxygen atoms in total. The second-order valence-corrected chi connectivity index (χ2v) is 7.65. The molecule has 0 unspecified atom stereocenters. The van der Waals surface area contributed by atoms with Crippen molar-refractivity contribution < 1.29 is 13.3 Å². The van der Waals surface area contributed by atoms with Crippen molar-refractivity contribution in [2.75, 3.05) is 0 Å². The highest BCUT2D eigenvalue weighted by Crippen LogP contribution is 2.25. The standard InChI is InChI=1S/C11H9BrClN3O4S/c1-7-14-11(21(13,19)20)6-15(7)5-8-2-3-9(12)4-10(8)16(17)18/h2-4,6H,5H2,1H3. The molecular formula is C11H9BrClN3O4S. The zero-order valence-electron chi connectivity index (χ0n) is 10.7. The van der Waals surface area contributed by atoms with Gasteiger partial charge in [0, 0.05) is 33.0 Å². The highest BCUT2D eigenvalue weighted by atomic mass is 79.9. The first-order chi connectivity index (χ1) is 9.68. The molecule has 0 aliphatic rings. The summed E-state index contributed by atoms with van der Waals surface area (Å²) in [5, 5.41) is 10.8. The lowest BCUT2D eigenvalue weighted by atomic mass is 10.2. The Balaban J connectivity index is 2.44. The van der Waals surface area contributed by atoms with Gasteiger partial charge in [0.25, 0.3) is 14.7 Å². The van der Waals surface area contributed by atoms with E-state index in [0.717, 1.165) is 0 Å². The summed E-state index contributed by atoms with van der Waals surface area (Å²) in [5.74, 6) is 0.395. The molecule has 0 aliphatic carbocycles. The number of nitro groups is 1. The molecule has 10 heteroatoms. The summed E-state index contributed by atoms with van der Waals surface area (Å²) in [4.78, 5) is 14.4. The Morgan fingerprint density at radius 1 is 1.48 bits per heavy atom. The molecule has 2 rings (SSSR count).